The van der Waals surface area contributed by atoms with Gasteiger partial charge < -0.3 is 5.21 Å². The summed E-state index contributed by atoms with van der Waals surface area (Å²) in [6.45, 7) is 0.0581. The molecule has 0 radical (unpaired) electrons. The first-order chi connectivity index (χ1) is 8.58. The van der Waals surface area contributed by atoms with E-state index in [4.69, 9.17) is 0 Å². The van der Waals surface area contributed by atoms with E-state index < -0.39 is 11.6 Å². The summed E-state index contributed by atoms with van der Waals surface area (Å²) in [5.41, 5.74) is 0.183. The number of halogens is 2. The molecule has 2 rings (SSSR count). The van der Waals surface area contributed by atoms with E-state index in [1.165, 1.54) is 30.5 Å². The minimum atomic E-state index is -0.784. The molecule has 0 N–H and O–H groups in total. The van der Waals surface area contributed by atoms with Crippen LogP contribution < -0.4 is 0 Å². The van der Waals surface area contributed by atoms with Crippen LogP contribution in [0.25, 0.3) is 0 Å². The molecular formula is C11H10F2N4O. The van der Waals surface area contributed by atoms with E-state index in [2.05, 4.69) is 10.1 Å². The summed E-state index contributed by atoms with van der Waals surface area (Å²) in [5.74, 6) is -1.47. The largest absolute Gasteiger partial charge is 0.624 e. The molecule has 7 heteroatoms. The van der Waals surface area contributed by atoms with E-state index in [-0.39, 0.29) is 17.8 Å². The Balaban J connectivity index is 2.40. The topological polar surface area (TPSA) is 56.8 Å². The van der Waals surface area contributed by atoms with Crippen LogP contribution in [0.2, 0.25) is 0 Å². The van der Waals surface area contributed by atoms with Crippen molar-refractivity contribution in [3.63, 3.8) is 0 Å². The fourth-order valence-electron chi connectivity index (χ4n) is 1.55. The first-order valence-corrected chi connectivity index (χ1v) is 5.12. The summed E-state index contributed by atoms with van der Waals surface area (Å²) < 4.78 is 28.3. The molecule has 0 atom stereocenters. The number of hydrogen-bond donors (Lipinski definition) is 0. The molecule has 0 bridgehead atoms. The molecule has 18 heavy (non-hydrogen) atoms. The van der Waals surface area contributed by atoms with E-state index in [1.54, 1.807) is 0 Å². The van der Waals surface area contributed by atoms with Gasteiger partial charge in [0.05, 0.1) is 5.56 Å². The third-order valence-electron chi connectivity index (χ3n) is 2.40. The Morgan fingerprint density at radius 2 is 2.22 bits per heavy atom. The lowest BCUT2D eigenvalue weighted by molar-refractivity contribution is -0.423. The van der Waals surface area contributed by atoms with Crippen molar-refractivity contribution in [3.05, 3.63) is 53.3 Å². The van der Waals surface area contributed by atoms with Crippen molar-refractivity contribution in [1.29, 1.82) is 0 Å². The van der Waals surface area contributed by atoms with Crippen molar-refractivity contribution < 1.29 is 13.5 Å². The number of hydrogen-bond acceptors (Lipinski definition) is 3. The molecule has 0 saturated carbocycles. The minimum Gasteiger partial charge on any atom is -0.624 e. The number of aromatic nitrogens is 3. The van der Waals surface area contributed by atoms with Gasteiger partial charge in [-0.2, -0.15) is 5.10 Å². The highest BCUT2D eigenvalue weighted by molar-refractivity contribution is 5.96. The molecule has 0 aliphatic carbocycles. The van der Waals surface area contributed by atoms with E-state index in [0.29, 0.717) is 4.74 Å². The van der Waals surface area contributed by atoms with Crippen LogP contribution in [0.4, 0.5) is 8.78 Å². The van der Waals surface area contributed by atoms with E-state index >= 15 is 0 Å². The lowest BCUT2D eigenvalue weighted by Gasteiger charge is -2.08. The third-order valence-corrected chi connectivity index (χ3v) is 2.40. The molecule has 5 nitrogen and oxygen atoms in total. The van der Waals surface area contributed by atoms with Crippen molar-refractivity contribution in [2.24, 2.45) is 0 Å². The Kier molecular flexibility index (Phi) is 3.31. The van der Waals surface area contributed by atoms with Crippen molar-refractivity contribution in [3.8, 4) is 0 Å². The Morgan fingerprint density at radius 3 is 2.78 bits per heavy atom. The van der Waals surface area contributed by atoms with Crippen molar-refractivity contribution in [1.82, 2.24) is 14.8 Å². The second kappa shape index (κ2) is 4.91. The van der Waals surface area contributed by atoms with Crippen LogP contribution in [-0.2, 0) is 6.54 Å². The molecule has 0 spiro atoms. The highest BCUT2D eigenvalue weighted by Gasteiger charge is 2.17. The monoisotopic (exact) mass is 252 g/mol. The van der Waals surface area contributed by atoms with Crippen LogP contribution in [0.5, 0.6) is 0 Å². The third kappa shape index (κ3) is 2.50. The zero-order valence-electron chi connectivity index (χ0n) is 9.55. The highest BCUT2D eigenvalue weighted by Crippen LogP contribution is 2.11. The predicted molar refractivity (Wildman–Crippen MR) is 60.0 cm³/mol. The lowest BCUT2D eigenvalue weighted by atomic mass is 10.1. The quantitative estimate of drug-likeness (QED) is 0.357. The number of rotatable bonds is 3. The van der Waals surface area contributed by atoms with E-state index in [9.17, 15) is 14.0 Å². The van der Waals surface area contributed by atoms with Gasteiger partial charge in [-0.3, -0.25) is 0 Å². The van der Waals surface area contributed by atoms with Crippen LogP contribution >= 0.6 is 0 Å². The minimum absolute atomic E-state index is 0.0457. The highest BCUT2D eigenvalue weighted by atomic mass is 19.1. The van der Waals surface area contributed by atoms with Gasteiger partial charge in [-0.15, -0.1) is 0 Å². The lowest BCUT2D eigenvalue weighted by Crippen LogP contribution is -2.21. The van der Waals surface area contributed by atoms with E-state index in [1.807, 2.05) is 0 Å². The van der Waals surface area contributed by atoms with Gasteiger partial charge in [-0.1, -0.05) is 0 Å². The smallest absolute Gasteiger partial charge is 0.218 e. The predicted octanol–water partition coefficient (Wildman–Crippen LogP) is 1.19. The Morgan fingerprint density at radius 1 is 1.44 bits per heavy atom. The molecule has 1 aromatic carbocycles. The van der Waals surface area contributed by atoms with E-state index in [0.717, 1.165) is 12.1 Å². The molecule has 0 unspecified atom stereocenters. The molecule has 0 amide bonds. The Hall–Kier alpha value is -2.31. The molecule has 0 fully saturated rings. The second-order valence-corrected chi connectivity index (χ2v) is 3.66. The standard InChI is InChI=1S/C11H10F2N4O/c1-16(18)11(5-17-7-14-6-15-17)9-3-2-8(12)4-10(9)13/h2-4,6-7H,5H2,1H3/b16-11+. The van der Waals surface area contributed by atoms with Crippen LogP contribution in [0.3, 0.4) is 0 Å². The summed E-state index contributed by atoms with van der Waals surface area (Å²) in [7, 11) is 1.25. The molecule has 0 aliphatic rings. The molecule has 1 aromatic heterocycles. The Labute approximate surface area is 102 Å². The van der Waals surface area contributed by atoms with Gasteiger partial charge in [-0.05, 0) is 12.1 Å². The molecule has 1 heterocycles. The average molecular weight is 252 g/mol. The van der Waals surface area contributed by atoms with Gasteiger partial charge in [0.2, 0.25) is 5.71 Å². The Bertz CT molecular complexity index is 577. The number of hydroxylamine groups is 1. The summed E-state index contributed by atoms with van der Waals surface area (Å²) >= 11 is 0. The van der Waals surface area contributed by atoms with Gasteiger partial charge in [0, 0.05) is 6.07 Å². The maximum Gasteiger partial charge on any atom is 0.218 e. The van der Waals surface area contributed by atoms with Crippen molar-refractivity contribution in [2.75, 3.05) is 7.05 Å². The SMILES string of the molecule is C/[N+]([O-])=C(/Cn1cncn1)c1ccc(F)cc1F. The second-order valence-electron chi connectivity index (χ2n) is 3.66. The molecular weight excluding hydrogens is 242 g/mol. The summed E-state index contributed by atoms with van der Waals surface area (Å²) in [4.78, 5) is 3.73. The number of benzene rings is 1. The first kappa shape index (κ1) is 12.2. The van der Waals surface area contributed by atoms with Crippen LogP contribution in [-0.4, -0.2) is 32.3 Å². The van der Waals surface area contributed by atoms with Gasteiger partial charge in [0.25, 0.3) is 0 Å². The van der Waals surface area contributed by atoms with Gasteiger partial charge in [0.15, 0.2) is 0 Å². The molecule has 94 valence electrons. The maximum absolute atomic E-state index is 13.6. The van der Waals surface area contributed by atoms with Crippen LogP contribution in [0.1, 0.15) is 5.56 Å². The zero-order valence-corrected chi connectivity index (χ0v) is 9.55. The van der Waals surface area contributed by atoms with Crippen molar-refractivity contribution >= 4 is 5.71 Å². The fraction of sp³-hybridized carbons (Fsp3) is 0.182. The summed E-state index contributed by atoms with van der Waals surface area (Å²) in [6.07, 6.45) is 2.72. The van der Waals surface area contributed by atoms with Gasteiger partial charge in [-0.25, -0.2) is 23.2 Å². The number of nitrogens with zero attached hydrogens (tertiary/aromatic N) is 4. The summed E-state index contributed by atoms with van der Waals surface area (Å²) in [5, 5.41) is 15.3. The molecule has 2 aromatic rings. The first-order valence-electron chi connectivity index (χ1n) is 5.12. The molecule has 0 saturated heterocycles. The van der Waals surface area contributed by atoms with Crippen LogP contribution in [0.15, 0.2) is 30.9 Å². The van der Waals surface area contributed by atoms with Gasteiger partial charge >= 0.3 is 0 Å². The van der Waals surface area contributed by atoms with Gasteiger partial charge in [0.1, 0.15) is 37.9 Å². The fourth-order valence-corrected chi connectivity index (χ4v) is 1.55. The molecule has 0 aliphatic heterocycles. The van der Waals surface area contributed by atoms with Crippen LogP contribution in [0, 0.1) is 16.8 Å². The maximum atomic E-state index is 13.6. The van der Waals surface area contributed by atoms with Crippen molar-refractivity contribution in [2.45, 2.75) is 6.54 Å². The summed E-state index contributed by atoms with van der Waals surface area (Å²) in [6, 6.07) is 3.06. The normalized spacial score (nSPS) is 12.4. The zero-order chi connectivity index (χ0) is 13.1. The average Bonchev–Trinajstić information content (AvgIpc) is 2.79.